The number of hydrazine groups is 1. The van der Waals surface area contributed by atoms with E-state index in [0.717, 1.165) is 11.9 Å². The number of carbonyl (C=O) groups excluding carboxylic acids is 2. The third kappa shape index (κ3) is 4.06. The number of hydrogen-bond acceptors (Lipinski definition) is 6. The molecule has 3 aromatic rings. The number of aromatic nitrogens is 3. The number of amides is 2. The van der Waals surface area contributed by atoms with Crippen molar-refractivity contribution in [2.45, 2.75) is 18.2 Å². The highest BCUT2D eigenvalue weighted by Crippen LogP contribution is 2.20. The zero-order chi connectivity index (χ0) is 22.2. The van der Waals surface area contributed by atoms with Crippen LogP contribution in [0.15, 0.2) is 59.5 Å². The van der Waals surface area contributed by atoms with Gasteiger partial charge in [-0.05, 0) is 49.7 Å². The predicted molar refractivity (Wildman–Crippen MR) is 112 cm³/mol. The lowest BCUT2D eigenvalue weighted by Gasteiger charge is -2.27. The van der Waals surface area contributed by atoms with E-state index in [1.807, 2.05) is 30.3 Å². The highest BCUT2D eigenvalue weighted by atomic mass is 32.2. The van der Waals surface area contributed by atoms with Crippen molar-refractivity contribution in [2.24, 2.45) is 0 Å². The maximum absolute atomic E-state index is 13.2. The quantitative estimate of drug-likeness (QED) is 0.615. The van der Waals surface area contributed by atoms with Gasteiger partial charge in [-0.25, -0.2) is 18.4 Å². The Morgan fingerprint density at radius 2 is 1.48 bits per heavy atom. The fourth-order valence-electron chi connectivity index (χ4n) is 3.40. The topological polar surface area (TPSA) is 105 Å². The average molecular weight is 439 g/mol. The number of carbonyl (C=O) groups is 2. The summed E-state index contributed by atoms with van der Waals surface area (Å²) in [7, 11) is -3.36. The first-order chi connectivity index (χ1) is 14.8. The predicted octanol–water partition coefficient (Wildman–Crippen LogP) is 1.88. The minimum absolute atomic E-state index is 0.131. The van der Waals surface area contributed by atoms with Crippen LogP contribution in [0.3, 0.4) is 0 Å². The first-order valence-electron chi connectivity index (χ1n) is 9.69. The number of hydrogen-bond donors (Lipinski definition) is 0. The molecule has 1 aliphatic heterocycles. The van der Waals surface area contributed by atoms with E-state index in [2.05, 4.69) is 10.2 Å². The lowest BCUT2D eigenvalue weighted by atomic mass is 10.2. The summed E-state index contributed by atoms with van der Waals surface area (Å²) < 4.78 is 23.3. The Morgan fingerprint density at radius 3 is 2.10 bits per heavy atom. The molecule has 0 atom stereocenters. The van der Waals surface area contributed by atoms with E-state index < -0.39 is 15.7 Å². The molecule has 10 heteroatoms. The third-order valence-electron chi connectivity index (χ3n) is 5.00. The summed E-state index contributed by atoms with van der Waals surface area (Å²) in [4.78, 5) is 27.7. The maximum Gasteiger partial charge on any atom is 0.294 e. The molecule has 1 saturated heterocycles. The van der Waals surface area contributed by atoms with Crippen LogP contribution in [-0.2, 0) is 9.84 Å². The summed E-state index contributed by atoms with van der Waals surface area (Å²) in [5, 5.41) is 11.4. The van der Waals surface area contributed by atoms with Crippen LogP contribution in [0, 0.1) is 6.92 Å². The van der Waals surface area contributed by atoms with Gasteiger partial charge < -0.3 is 0 Å². The van der Waals surface area contributed by atoms with Crippen LogP contribution < -0.4 is 0 Å². The van der Waals surface area contributed by atoms with Gasteiger partial charge in [0, 0.05) is 24.9 Å². The van der Waals surface area contributed by atoms with Gasteiger partial charge in [-0.3, -0.25) is 9.59 Å². The second-order valence-corrected chi connectivity index (χ2v) is 9.28. The van der Waals surface area contributed by atoms with Gasteiger partial charge in [0.05, 0.1) is 16.3 Å². The average Bonchev–Trinajstić information content (AvgIpc) is 3.40. The largest absolute Gasteiger partial charge is 0.294 e. The van der Waals surface area contributed by atoms with Gasteiger partial charge in [-0.15, -0.1) is 5.10 Å². The van der Waals surface area contributed by atoms with Gasteiger partial charge in [0.25, 0.3) is 11.8 Å². The zero-order valence-electron chi connectivity index (χ0n) is 17.1. The molecule has 1 fully saturated rings. The fourth-order valence-corrected chi connectivity index (χ4v) is 4.03. The number of nitrogens with zero attached hydrogens (tertiary/aromatic N) is 5. The Morgan fingerprint density at radius 1 is 0.871 bits per heavy atom. The number of aryl methyl sites for hydroxylation is 1. The second-order valence-electron chi connectivity index (χ2n) is 7.27. The van der Waals surface area contributed by atoms with E-state index in [0.29, 0.717) is 30.8 Å². The van der Waals surface area contributed by atoms with Crippen LogP contribution in [0.5, 0.6) is 0 Å². The van der Waals surface area contributed by atoms with Crippen LogP contribution >= 0.6 is 0 Å². The van der Waals surface area contributed by atoms with Gasteiger partial charge in [0.15, 0.2) is 15.5 Å². The minimum Gasteiger partial charge on any atom is -0.267 e. The Labute approximate surface area is 179 Å². The Balaban J connectivity index is 1.58. The molecule has 0 radical (unpaired) electrons. The normalized spacial score (nSPS) is 14.1. The van der Waals surface area contributed by atoms with Crippen LogP contribution in [0.25, 0.3) is 5.69 Å². The molecular formula is C21H21N5O4S. The SMILES string of the molecule is Cc1nn(-c2ccccc2)nc1C(=O)N1CCCN1C(=O)c1ccc(S(C)(=O)=O)cc1. The molecule has 0 saturated carbocycles. The van der Waals surface area contributed by atoms with Crippen LogP contribution in [0.1, 0.15) is 33.0 Å². The van der Waals surface area contributed by atoms with Gasteiger partial charge in [0.2, 0.25) is 0 Å². The zero-order valence-corrected chi connectivity index (χ0v) is 17.9. The monoisotopic (exact) mass is 439 g/mol. The van der Waals surface area contributed by atoms with Crippen molar-refractivity contribution in [3.05, 3.63) is 71.5 Å². The lowest BCUT2D eigenvalue weighted by molar-refractivity contribution is 0.0181. The molecular weight excluding hydrogens is 418 g/mol. The van der Waals surface area contributed by atoms with Crippen molar-refractivity contribution in [1.82, 2.24) is 25.0 Å². The molecule has 160 valence electrons. The van der Waals surface area contributed by atoms with Crippen molar-refractivity contribution in [1.29, 1.82) is 0 Å². The second kappa shape index (κ2) is 7.95. The fraction of sp³-hybridized carbons (Fsp3) is 0.238. The molecule has 1 aromatic heterocycles. The Kier molecular flexibility index (Phi) is 5.32. The van der Waals surface area contributed by atoms with Gasteiger partial charge in [0.1, 0.15) is 0 Å². The van der Waals surface area contributed by atoms with Gasteiger partial charge >= 0.3 is 0 Å². The van der Waals surface area contributed by atoms with Crippen molar-refractivity contribution in [3.8, 4) is 5.69 Å². The van der Waals surface area contributed by atoms with Crippen molar-refractivity contribution in [3.63, 3.8) is 0 Å². The molecule has 9 nitrogen and oxygen atoms in total. The maximum atomic E-state index is 13.2. The first kappa shape index (κ1) is 20.7. The number of para-hydroxylation sites is 1. The van der Waals surface area contributed by atoms with Crippen molar-refractivity contribution >= 4 is 21.7 Å². The number of rotatable bonds is 4. The van der Waals surface area contributed by atoms with E-state index in [1.165, 1.54) is 39.1 Å². The summed E-state index contributed by atoms with van der Waals surface area (Å²) >= 11 is 0. The number of sulfone groups is 1. The molecule has 0 N–H and O–H groups in total. The molecule has 2 heterocycles. The van der Waals surface area contributed by atoms with E-state index in [1.54, 1.807) is 6.92 Å². The summed E-state index contributed by atoms with van der Waals surface area (Å²) in [5.74, 6) is -0.780. The summed E-state index contributed by atoms with van der Waals surface area (Å²) in [6.07, 6.45) is 1.74. The van der Waals surface area contributed by atoms with E-state index in [-0.39, 0.29) is 16.5 Å². The van der Waals surface area contributed by atoms with Crippen LogP contribution in [0.2, 0.25) is 0 Å². The smallest absolute Gasteiger partial charge is 0.267 e. The van der Waals surface area contributed by atoms with Crippen molar-refractivity contribution < 1.29 is 18.0 Å². The molecule has 0 bridgehead atoms. The third-order valence-corrected chi connectivity index (χ3v) is 6.13. The summed E-state index contributed by atoms with van der Waals surface area (Å²) in [6.45, 7) is 2.46. The molecule has 2 aromatic carbocycles. The summed E-state index contributed by atoms with van der Waals surface area (Å²) in [5.41, 5.74) is 1.67. The highest BCUT2D eigenvalue weighted by molar-refractivity contribution is 7.90. The number of benzene rings is 2. The Hall–Kier alpha value is -3.53. The molecule has 1 aliphatic rings. The Bertz CT molecular complexity index is 1240. The molecule has 31 heavy (non-hydrogen) atoms. The first-order valence-corrected chi connectivity index (χ1v) is 11.6. The molecule has 0 spiro atoms. The highest BCUT2D eigenvalue weighted by Gasteiger charge is 2.34. The minimum atomic E-state index is -3.36. The van der Waals surface area contributed by atoms with Crippen LogP contribution in [-0.4, -0.2) is 64.6 Å². The van der Waals surface area contributed by atoms with Crippen molar-refractivity contribution in [2.75, 3.05) is 19.3 Å². The van der Waals surface area contributed by atoms with Gasteiger partial charge in [-0.1, -0.05) is 18.2 Å². The van der Waals surface area contributed by atoms with E-state index >= 15 is 0 Å². The van der Waals surface area contributed by atoms with Gasteiger partial charge in [-0.2, -0.15) is 9.90 Å². The molecule has 2 amide bonds. The van der Waals surface area contributed by atoms with Crippen LogP contribution in [0.4, 0.5) is 0 Å². The molecule has 4 rings (SSSR count). The molecule has 0 aliphatic carbocycles. The van der Waals surface area contributed by atoms with E-state index in [9.17, 15) is 18.0 Å². The standard InChI is InChI=1S/C21H21N5O4S/c1-15-19(23-26(22-15)17-7-4-3-5-8-17)21(28)25-14-6-13-24(25)20(27)16-9-11-18(12-10-16)31(2,29)30/h3-5,7-12H,6,13-14H2,1-2H3. The van der Waals surface area contributed by atoms with E-state index in [4.69, 9.17) is 0 Å². The molecule has 0 unspecified atom stereocenters. The summed E-state index contributed by atoms with van der Waals surface area (Å²) in [6, 6.07) is 14.9. The lowest BCUT2D eigenvalue weighted by Crippen LogP contribution is -2.45.